The molecule has 1 unspecified atom stereocenters. The molecule has 0 radical (unpaired) electrons. The molecule has 1 aliphatic heterocycles. The smallest absolute Gasteiger partial charge is 0.279 e. The van der Waals surface area contributed by atoms with E-state index in [2.05, 4.69) is 15.3 Å². The fourth-order valence-corrected chi connectivity index (χ4v) is 3.96. The Morgan fingerprint density at radius 2 is 2.14 bits per heavy atom. The Morgan fingerprint density at radius 3 is 2.89 bits per heavy atom. The highest BCUT2D eigenvalue weighted by Crippen LogP contribution is 2.27. The zero-order valence-electron chi connectivity index (χ0n) is 15.5. The second-order valence-electron chi connectivity index (χ2n) is 7.32. The summed E-state index contributed by atoms with van der Waals surface area (Å²) in [7, 11) is 0. The van der Waals surface area contributed by atoms with Crippen molar-refractivity contribution in [3.05, 3.63) is 52.6 Å². The Hall–Kier alpha value is -3.07. The van der Waals surface area contributed by atoms with E-state index in [0.29, 0.717) is 35.6 Å². The van der Waals surface area contributed by atoms with E-state index in [-0.39, 0.29) is 23.3 Å². The second-order valence-corrected chi connectivity index (χ2v) is 7.32. The summed E-state index contributed by atoms with van der Waals surface area (Å²) in [5, 5.41) is 8.23. The van der Waals surface area contributed by atoms with Crippen LogP contribution in [-0.4, -0.2) is 42.2 Å². The molecule has 8 nitrogen and oxygen atoms in total. The van der Waals surface area contributed by atoms with Crippen molar-refractivity contribution in [1.29, 1.82) is 0 Å². The molecule has 1 fully saturated rings. The largest absolute Gasteiger partial charge is 0.381 e. The third-order valence-corrected chi connectivity index (χ3v) is 5.27. The fourth-order valence-electron chi connectivity index (χ4n) is 3.96. The number of hydrogen-bond donors (Lipinski definition) is 0. The predicted octanol–water partition coefficient (Wildman–Crippen LogP) is 2.45. The lowest BCUT2D eigenvalue weighted by molar-refractivity contribution is 0.193. The minimum absolute atomic E-state index is 0.150. The van der Waals surface area contributed by atoms with Crippen LogP contribution in [0.4, 0.5) is 4.39 Å². The number of fused-ring (bicyclic) bond motifs is 3. The average Bonchev–Trinajstić information content (AvgIpc) is 3.40. The molecule has 0 N–H and O–H groups in total. The Labute approximate surface area is 159 Å². The number of nitrogens with zero attached hydrogens (tertiary/aromatic N) is 6. The summed E-state index contributed by atoms with van der Waals surface area (Å²) in [6, 6.07) is 4.28. The Bertz CT molecular complexity index is 1250. The van der Waals surface area contributed by atoms with E-state index in [1.807, 2.05) is 13.8 Å². The molecule has 0 amide bonds. The van der Waals surface area contributed by atoms with Crippen LogP contribution >= 0.6 is 0 Å². The van der Waals surface area contributed by atoms with Crippen LogP contribution < -0.4 is 5.56 Å². The van der Waals surface area contributed by atoms with Gasteiger partial charge in [0.2, 0.25) is 0 Å². The summed E-state index contributed by atoms with van der Waals surface area (Å²) in [6.07, 6.45) is 4.15. The normalized spacial score (nSPS) is 17.4. The molecule has 1 atom stereocenters. The Kier molecular flexibility index (Phi) is 3.80. The van der Waals surface area contributed by atoms with E-state index < -0.39 is 0 Å². The maximum Gasteiger partial charge on any atom is 0.279 e. The molecule has 9 heteroatoms. The summed E-state index contributed by atoms with van der Waals surface area (Å²) in [5.74, 6) is 0.194. The summed E-state index contributed by atoms with van der Waals surface area (Å²) >= 11 is 0. The SMILES string of the molecule is CC(C)n1c(=O)c2c(-n3nncc3C3CCOC3)ncn2c2ccc(F)cc21. The molecule has 0 aliphatic carbocycles. The van der Waals surface area contributed by atoms with Gasteiger partial charge in [0.05, 0.1) is 29.5 Å². The van der Waals surface area contributed by atoms with Crippen molar-refractivity contribution in [2.75, 3.05) is 13.2 Å². The second kappa shape index (κ2) is 6.23. The predicted molar refractivity (Wildman–Crippen MR) is 100 cm³/mol. The van der Waals surface area contributed by atoms with E-state index >= 15 is 0 Å². The van der Waals surface area contributed by atoms with Crippen molar-refractivity contribution >= 4 is 16.6 Å². The summed E-state index contributed by atoms with van der Waals surface area (Å²) in [5.41, 5.74) is 2.24. The summed E-state index contributed by atoms with van der Waals surface area (Å²) in [6.45, 7) is 5.08. The van der Waals surface area contributed by atoms with Crippen molar-refractivity contribution in [3.63, 3.8) is 0 Å². The van der Waals surface area contributed by atoms with Gasteiger partial charge in [0, 0.05) is 18.6 Å². The number of halogens is 1. The standard InChI is InChI=1S/C19H19FN6O2/c1-11(2)25-15-7-13(20)3-4-14(15)24-10-21-18(17(24)19(25)27)26-16(8-22-23-26)12-5-6-28-9-12/h3-4,7-8,10-12H,5-6,9H2,1-2H3. The van der Waals surface area contributed by atoms with Gasteiger partial charge in [-0.15, -0.1) is 5.10 Å². The van der Waals surface area contributed by atoms with Crippen LogP contribution in [0.25, 0.3) is 22.4 Å². The zero-order chi connectivity index (χ0) is 19.4. The lowest BCUT2D eigenvalue weighted by atomic mass is 10.1. The number of imidazole rings is 1. The highest BCUT2D eigenvalue weighted by Gasteiger charge is 2.26. The molecule has 4 aromatic rings. The Balaban J connectivity index is 1.84. The first-order valence-corrected chi connectivity index (χ1v) is 9.26. The molecule has 1 aromatic carbocycles. The van der Waals surface area contributed by atoms with E-state index in [1.165, 1.54) is 12.1 Å². The molecule has 144 valence electrons. The van der Waals surface area contributed by atoms with Crippen LogP contribution in [0, 0.1) is 5.82 Å². The van der Waals surface area contributed by atoms with Crippen molar-refractivity contribution in [2.45, 2.75) is 32.2 Å². The third-order valence-electron chi connectivity index (χ3n) is 5.27. The van der Waals surface area contributed by atoms with Gasteiger partial charge in [0.25, 0.3) is 5.56 Å². The van der Waals surface area contributed by atoms with E-state index in [0.717, 1.165) is 12.1 Å². The van der Waals surface area contributed by atoms with Gasteiger partial charge in [-0.2, -0.15) is 4.68 Å². The first-order chi connectivity index (χ1) is 13.6. The monoisotopic (exact) mass is 382 g/mol. The van der Waals surface area contributed by atoms with Crippen LogP contribution in [0.1, 0.15) is 37.9 Å². The van der Waals surface area contributed by atoms with Gasteiger partial charge >= 0.3 is 0 Å². The van der Waals surface area contributed by atoms with Gasteiger partial charge in [0.1, 0.15) is 12.1 Å². The lowest BCUT2D eigenvalue weighted by Gasteiger charge is -2.16. The van der Waals surface area contributed by atoms with Gasteiger partial charge in [-0.05, 0) is 38.5 Å². The van der Waals surface area contributed by atoms with Gasteiger partial charge < -0.3 is 9.30 Å². The minimum Gasteiger partial charge on any atom is -0.381 e. The first kappa shape index (κ1) is 17.1. The molecule has 0 bridgehead atoms. The van der Waals surface area contributed by atoms with E-state index in [1.54, 1.807) is 32.2 Å². The topological polar surface area (TPSA) is 79.2 Å². The molecule has 4 heterocycles. The highest BCUT2D eigenvalue weighted by molar-refractivity contribution is 5.81. The third kappa shape index (κ3) is 2.39. The number of benzene rings is 1. The highest BCUT2D eigenvalue weighted by atomic mass is 19.1. The van der Waals surface area contributed by atoms with Crippen LogP contribution in [0.3, 0.4) is 0 Å². The molecule has 1 aliphatic rings. The van der Waals surface area contributed by atoms with Crippen molar-refractivity contribution in [3.8, 4) is 5.82 Å². The first-order valence-electron chi connectivity index (χ1n) is 9.26. The zero-order valence-corrected chi connectivity index (χ0v) is 15.5. The lowest BCUT2D eigenvalue weighted by Crippen LogP contribution is -2.25. The minimum atomic E-state index is -0.388. The van der Waals surface area contributed by atoms with Gasteiger partial charge in [-0.1, -0.05) is 5.21 Å². The molecule has 0 spiro atoms. The van der Waals surface area contributed by atoms with Crippen molar-refractivity contribution in [1.82, 2.24) is 28.9 Å². The maximum atomic E-state index is 13.9. The molecule has 1 saturated heterocycles. The van der Waals surface area contributed by atoms with Crippen LogP contribution in [0.5, 0.6) is 0 Å². The van der Waals surface area contributed by atoms with Gasteiger partial charge in [-0.25, -0.2) is 9.37 Å². The van der Waals surface area contributed by atoms with Gasteiger partial charge in [0.15, 0.2) is 11.3 Å². The van der Waals surface area contributed by atoms with Crippen molar-refractivity contribution < 1.29 is 9.13 Å². The van der Waals surface area contributed by atoms with Crippen molar-refractivity contribution in [2.24, 2.45) is 0 Å². The van der Waals surface area contributed by atoms with Crippen LogP contribution in [-0.2, 0) is 4.74 Å². The number of aromatic nitrogens is 6. The molecular formula is C19H19FN6O2. The van der Waals surface area contributed by atoms with Gasteiger partial charge in [-0.3, -0.25) is 9.20 Å². The average molecular weight is 382 g/mol. The summed E-state index contributed by atoms with van der Waals surface area (Å²) < 4.78 is 24.3. The molecule has 28 heavy (non-hydrogen) atoms. The number of rotatable bonds is 3. The van der Waals surface area contributed by atoms with E-state index in [9.17, 15) is 9.18 Å². The summed E-state index contributed by atoms with van der Waals surface area (Å²) in [4.78, 5) is 17.9. The number of ether oxygens (including phenoxy) is 1. The van der Waals surface area contributed by atoms with Crippen LogP contribution in [0.2, 0.25) is 0 Å². The Morgan fingerprint density at radius 1 is 1.29 bits per heavy atom. The van der Waals surface area contributed by atoms with E-state index in [4.69, 9.17) is 4.74 Å². The molecule has 5 rings (SSSR count). The maximum absolute atomic E-state index is 13.9. The molecular weight excluding hydrogens is 363 g/mol. The van der Waals surface area contributed by atoms with Crippen LogP contribution in [0.15, 0.2) is 35.5 Å². The number of hydrogen-bond acceptors (Lipinski definition) is 5. The molecule has 3 aromatic heterocycles. The quantitative estimate of drug-likeness (QED) is 0.544. The fraction of sp³-hybridized carbons (Fsp3) is 0.368. The molecule has 0 saturated carbocycles.